The van der Waals surface area contributed by atoms with Crippen LogP contribution in [0.25, 0.3) is 22.3 Å². The minimum Gasteiger partial charge on any atom is -0.508 e. The summed E-state index contributed by atoms with van der Waals surface area (Å²) in [5.74, 6) is -3.67. The lowest BCUT2D eigenvalue weighted by Crippen LogP contribution is -2.60. The number of hydrogen-bond acceptors (Lipinski definition) is 16. The summed E-state index contributed by atoms with van der Waals surface area (Å²) in [4.78, 5) is 24.7. The summed E-state index contributed by atoms with van der Waals surface area (Å²) in [6.07, 6.45) is -16.0. The van der Waals surface area contributed by atoms with Crippen molar-refractivity contribution in [1.29, 1.82) is 0 Å². The van der Waals surface area contributed by atoms with Gasteiger partial charge in [0, 0.05) is 18.6 Å². The van der Waals surface area contributed by atoms with E-state index in [-0.39, 0.29) is 17.1 Å². The van der Waals surface area contributed by atoms with E-state index in [1.54, 1.807) is 0 Å². The number of aliphatic hydroxyl groups is 6. The minimum atomic E-state index is -1.99. The summed E-state index contributed by atoms with van der Waals surface area (Å²) >= 11 is 0. The van der Waals surface area contributed by atoms with Crippen molar-refractivity contribution >= 4 is 16.9 Å². The van der Waals surface area contributed by atoms with E-state index in [4.69, 9.17) is 23.4 Å². The van der Waals surface area contributed by atoms with Crippen LogP contribution in [0.2, 0.25) is 0 Å². The third-order valence-corrected chi connectivity index (χ3v) is 7.41. The second-order valence-electron chi connectivity index (χ2n) is 10.4. The number of aliphatic hydroxyl groups excluding tert-OH is 6. The molecule has 0 unspecified atom stereocenters. The van der Waals surface area contributed by atoms with Crippen molar-refractivity contribution in [2.75, 3.05) is 13.2 Å². The van der Waals surface area contributed by atoms with E-state index >= 15 is 0 Å². The molecule has 9 atom stereocenters. The Morgan fingerprint density at radius 2 is 1.59 bits per heavy atom. The van der Waals surface area contributed by atoms with Crippen LogP contribution < -0.4 is 10.2 Å². The average Bonchev–Trinajstić information content (AvgIpc) is 2.98. The molecule has 3 heterocycles. The Kier molecular flexibility index (Phi) is 8.70. The smallest absolute Gasteiger partial charge is 0.302 e. The number of fused-ring (bicyclic) bond motifs is 1. The molecule has 0 bridgehead atoms. The van der Waals surface area contributed by atoms with Gasteiger partial charge in [-0.3, -0.25) is 9.59 Å². The molecule has 2 saturated heterocycles. The Hall–Kier alpha value is -4.00. The highest BCUT2D eigenvalue weighted by molar-refractivity contribution is 5.93. The Bertz CT molecular complexity index is 1590. The summed E-state index contributed by atoms with van der Waals surface area (Å²) in [7, 11) is 0. The zero-order chi connectivity index (χ0) is 32.0. The third-order valence-electron chi connectivity index (χ3n) is 7.41. The number of aromatic hydroxyl groups is 3. The fourth-order valence-electron chi connectivity index (χ4n) is 5.03. The highest BCUT2D eigenvalue weighted by atomic mass is 16.7. The molecule has 16 nitrogen and oxygen atoms in total. The van der Waals surface area contributed by atoms with Gasteiger partial charge in [-0.2, -0.15) is 0 Å². The van der Waals surface area contributed by atoms with Crippen molar-refractivity contribution in [3.63, 3.8) is 0 Å². The Balaban J connectivity index is 1.68. The van der Waals surface area contributed by atoms with Crippen molar-refractivity contribution in [3.05, 3.63) is 46.1 Å². The second kappa shape index (κ2) is 12.2. The molecule has 9 N–H and O–H groups in total. The van der Waals surface area contributed by atoms with Gasteiger partial charge in [0.2, 0.25) is 12.0 Å². The van der Waals surface area contributed by atoms with Gasteiger partial charge in [0.15, 0.2) is 16.8 Å². The molecule has 0 amide bonds. The van der Waals surface area contributed by atoms with Crippen LogP contribution in [-0.4, -0.2) is 114 Å². The second-order valence-corrected chi connectivity index (χ2v) is 10.4. The number of phenolic OH excluding ortho intramolecular Hbond substituents is 3. The fourth-order valence-corrected chi connectivity index (χ4v) is 5.03. The molecule has 1 aromatic heterocycles. The van der Waals surface area contributed by atoms with Crippen molar-refractivity contribution in [1.82, 2.24) is 0 Å². The number of ether oxygens (including phenoxy) is 4. The molecule has 2 aromatic carbocycles. The summed E-state index contributed by atoms with van der Waals surface area (Å²) < 4.78 is 27.4. The molecule has 0 saturated carbocycles. The summed E-state index contributed by atoms with van der Waals surface area (Å²) in [5, 5.41) is 93.9. The van der Waals surface area contributed by atoms with Crippen LogP contribution in [0.5, 0.6) is 23.0 Å². The standard InChI is InChI=1S/C28H30O16/c1-9(29)40-8-15-19(34)22(37)24(39)28(43-15)44-27-21(36)17(25-23(38)18(33)13(32)7-41-25)20(35)16-12(31)6-14(42-26(16)27)10-2-4-11(30)5-3-10/h2-6,13,15,18-19,22-25,28,30,32-39H,7-8H2,1H3/t13-,15-,18+,19-,22+,23-,24-,25+,28+/m1/s1. The highest BCUT2D eigenvalue weighted by Crippen LogP contribution is 2.50. The number of esters is 1. The zero-order valence-corrected chi connectivity index (χ0v) is 22.9. The average molecular weight is 623 g/mol. The maximum atomic E-state index is 13.4. The molecule has 0 aliphatic carbocycles. The quantitative estimate of drug-likeness (QED) is 0.141. The van der Waals surface area contributed by atoms with Crippen molar-refractivity contribution in [3.8, 4) is 34.3 Å². The van der Waals surface area contributed by atoms with Gasteiger partial charge in [-0.05, 0) is 24.3 Å². The van der Waals surface area contributed by atoms with Gasteiger partial charge in [-0.15, -0.1) is 0 Å². The highest BCUT2D eigenvalue weighted by Gasteiger charge is 2.47. The number of phenols is 3. The maximum Gasteiger partial charge on any atom is 0.302 e. The fraction of sp³-hybridized carbons (Fsp3) is 0.429. The first-order valence-electron chi connectivity index (χ1n) is 13.3. The largest absolute Gasteiger partial charge is 0.508 e. The van der Waals surface area contributed by atoms with E-state index in [2.05, 4.69) is 0 Å². The first kappa shape index (κ1) is 31.4. The van der Waals surface area contributed by atoms with Crippen LogP contribution in [0, 0.1) is 0 Å². The van der Waals surface area contributed by atoms with Gasteiger partial charge in [-0.1, -0.05) is 0 Å². The molecule has 238 valence electrons. The van der Waals surface area contributed by atoms with Crippen molar-refractivity contribution in [2.45, 2.75) is 62.0 Å². The Morgan fingerprint density at radius 3 is 2.25 bits per heavy atom. The first-order chi connectivity index (χ1) is 20.8. The third kappa shape index (κ3) is 5.64. The molecule has 2 fully saturated rings. The van der Waals surface area contributed by atoms with Crippen LogP contribution in [0.1, 0.15) is 18.6 Å². The molecule has 5 rings (SSSR count). The van der Waals surface area contributed by atoms with Crippen LogP contribution in [0.4, 0.5) is 0 Å². The molecule has 0 spiro atoms. The van der Waals surface area contributed by atoms with Gasteiger partial charge in [0.25, 0.3) is 0 Å². The zero-order valence-electron chi connectivity index (χ0n) is 22.9. The monoisotopic (exact) mass is 622 g/mol. The number of benzene rings is 2. The Labute approximate surface area is 247 Å². The van der Waals surface area contributed by atoms with Crippen LogP contribution in [0.3, 0.4) is 0 Å². The van der Waals surface area contributed by atoms with E-state index < -0.39 is 114 Å². The van der Waals surface area contributed by atoms with Gasteiger partial charge < -0.3 is 69.3 Å². The summed E-state index contributed by atoms with van der Waals surface area (Å²) in [6.45, 7) is -0.0329. The molecule has 2 aliphatic heterocycles. The number of carbonyl (C=O) groups is 1. The molecular weight excluding hydrogens is 592 g/mol. The molecular formula is C28H30O16. The lowest BCUT2D eigenvalue weighted by atomic mass is 9.92. The molecule has 3 aromatic rings. The van der Waals surface area contributed by atoms with Gasteiger partial charge in [-0.25, -0.2) is 0 Å². The molecule has 44 heavy (non-hydrogen) atoms. The molecule has 16 heteroatoms. The Morgan fingerprint density at radius 1 is 0.909 bits per heavy atom. The van der Waals surface area contributed by atoms with Crippen molar-refractivity contribution in [2.24, 2.45) is 0 Å². The SMILES string of the molecule is CC(=O)OC[C@H]1O[C@@H](Oc2c(O)c([C@@H]3OC[C@@H](O)[C@H](O)[C@H]3O)c(O)c3c(=O)cc(-c4ccc(O)cc4)oc23)[C@H](O)[C@@H](O)[C@@H]1O. The van der Waals surface area contributed by atoms with E-state index in [1.165, 1.54) is 24.3 Å². The van der Waals surface area contributed by atoms with E-state index in [1.807, 2.05) is 0 Å². The van der Waals surface area contributed by atoms with Gasteiger partial charge >= 0.3 is 5.97 Å². The van der Waals surface area contributed by atoms with Gasteiger partial charge in [0.05, 0.1) is 12.2 Å². The van der Waals surface area contributed by atoms with Crippen LogP contribution in [-0.2, 0) is 19.0 Å². The molecule has 2 aliphatic rings. The van der Waals surface area contributed by atoms with Crippen LogP contribution in [0.15, 0.2) is 39.5 Å². The topological polar surface area (TPSA) is 266 Å². The number of carbonyl (C=O) groups excluding carboxylic acids is 1. The van der Waals surface area contributed by atoms with Crippen LogP contribution >= 0.6 is 0 Å². The predicted octanol–water partition coefficient (Wildman–Crippen LogP) is -1.52. The summed E-state index contributed by atoms with van der Waals surface area (Å²) in [6, 6.07) is 6.39. The van der Waals surface area contributed by atoms with E-state index in [0.717, 1.165) is 13.0 Å². The summed E-state index contributed by atoms with van der Waals surface area (Å²) in [5.41, 5.74) is -1.87. The number of hydrogen-bond donors (Lipinski definition) is 9. The maximum absolute atomic E-state index is 13.4. The van der Waals surface area contributed by atoms with E-state index in [9.17, 15) is 55.5 Å². The normalized spacial score (nSPS) is 30.7. The first-order valence-corrected chi connectivity index (χ1v) is 13.3. The van der Waals surface area contributed by atoms with Crippen molar-refractivity contribution < 1.29 is 74.1 Å². The lowest BCUT2D eigenvalue weighted by molar-refractivity contribution is -0.278. The molecule has 0 radical (unpaired) electrons. The predicted molar refractivity (Wildman–Crippen MR) is 144 cm³/mol. The van der Waals surface area contributed by atoms with Gasteiger partial charge in [0.1, 0.15) is 78.1 Å². The lowest BCUT2D eigenvalue weighted by Gasteiger charge is -2.40. The van der Waals surface area contributed by atoms with E-state index in [0.29, 0.717) is 0 Å². The minimum absolute atomic E-state index is 0.0910. The number of rotatable bonds is 6.